The molecule has 0 aliphatic heterocycles. The molecule has 0 unspecified atom stereocenters. The molecule has 0 aliphatic carbocycles. The van der Waals surface area contributed by atoms with E-state index in [-0.39, 0.29) is 5.82 Å². The molecule has 2 aromatic carbocycles. The van der Waals surface area contributed by atoms with Crippen molar-refractivity contribution >= 4 is 17.4 Å². The van der Waals surface area contributed by atoms with Gasteiger partial charge in [0.25, 0.3) is 0 Å². The summed E-state index contributed by atoms with van der Waals surface area (Å²) in [5, 5.41) is 0. The summed E-state index contributed by atoms with van der Waals surface area (Å²) in [4.78, 5) is 0. The lowest BCUT2D eigenvalue weighted by molar-refractivity contribution is 0.627. The number of nitrogens with two attached hydrogens (primary N) is 1. The number of hydrogen-bond acceptors (Lipinski definition) is 2. The van der Waals surface area contributed by atoms with E-state index in [9.17, 15) is 4.39 Å². The first-order chi connectivity index (χ1) is 8.65. The summed E-state index contributed by atoms with van der Waals surface area (Å²) in [5.41, 5.74) is 9.66. The van der Waals surface area contributed by atoms with Gasteiger partial charge in [0.15, 0.2) is 0 Å². The van der Waals surface area contributed by atoms with Gasteiger partial charge in [-0.3, -0.25) is 0 Å². The van der Waals surface area contributed by atoms with Gasteiger partial charge in [-0.25, -0.2) is 4.39 Å². The van der Waals surface area contributed by atoms with Crippen LogP contribution in [0.5, 0.6) is 0 Å². The van der Waals surface area contributed by atoms with Crippen molar-refractivity contribution in [1.82, 2.24) is 0 Å². The second-order valence-corrected chi connectivity index (χ2v) is 5.30. The number of aryl methyl sites for hydroxylation is 1. The summed E-state index contributed by atoms with van der Waals surface area (Å²) in [5.74, 6) is 1.45. The summed E-state index contributed by atoms with van der Waals surface area (Å²) in [7, 11) is 0. The Bertz CT molecular complexity index is 520. The van der Waals surface area contributed by atoms with E-state index >= 15 is 0 Å². The molecule has 0 bridgehead atoms. The Morgan fingerprint density at radius 3 is 2.61 bits per heavy atom. The highest BCUT2D eigenvalue weighted by atomic mass is 32.2. The highest BCUT2D eigenvalue weighted by Gasteiger charge is 2.01. The average molecular weight is 261 g/mol. The molecule has 0 aliphatic rings. The highest BCUT2D eigenvalue weighted by molar-refractivity contribution is 7.97. The van der Waals surface area contributed by atoms with E-state index in [1.807, 2.05) is 18.2 Å². The SMILES string of the molecule is Cc1ccccc1CSCc1cc(N)cc(F)c1. The molecule has 2 aromatic rings. The lowest BCUT2D eigenvalue weighted by atomic mass is 10.1. The van der Waals surface area contributed by atoms with Crippen LogP contribution in [0.15, 0.2) is 42.5 Å². The van der Waals surface area contributed by atoms with Crippen LogP contribution in [0, 0.1) is 12.7 Å². The van der Waals surface area contributed by atoms with Crippen LogP contribution in [0.4, 0.5) is 10.1 Å². The fourth-order valence-corrected chi connectivity index (χ4v) is 2.86. The summed E-state index contributed by atoms with van der Waals surface area (Å²) in [6, 6.07) is 13.0. The Hall–Kier alpha value is -1.48. The lowest BCUT2D eigenvalue weighted by Gasteiger charge is -2.06. The van der Waals surface area contributed by atoms with Gasteiger partial charge in [-0.05, 0) is 41.8 Å². The monoisotopic (exact) mass is 261 g/mol. The Labute approximate surface area is 111 Å². The molecule has 0 atom stereocenters. The van der Waals surface area contributed by atoms with E-state index in [1.54, 1.807) is 17.8 Å². The van der Waals surface area contributed by atoms with Gasteiger partial charge >= 0.3 is 0 Å². The van der Waals surface area contributed by atoms with Crippen LogP contribution in [-0.4, -0.2) is 0 Å². The number of nitrogen functional groups attached to an aromatic ring is 1. The highest BCUT2D eigenvalue weighted by Crippen LogP contribution is 2.21. The van der Waals surface area contributed by atoms with Crippen LogP contribution in [0.25, 0.3) is 0 Å². The lowest BCUT2D eigenvalue weighted by Crippen LogP contribution is -1.91. The van der Waals surface area contributed by atoms with Crippen LogP contribution in [0.3, 0.4) is 0 Å². The van der Waals surface area contributed by atoms with Crippen molar-refractivity contribution < 1.29 is 4.39 Å². The van der Waals surface area contributed by atoms with Crippen LogP contribution < -0.4 is 5.73 Å². The molecule has 0 radical (unpaired) electrons. The maximum atomic E-state index is 13.2. The van der Waals surface area contributed by atoms with E-state index in [1.165, 1.54) is 17.2 Å². The molecule has 2 rings (SSSR count). The van der Waals surface area contributed by atoms with Crippen molar-refractivity contribution in [2.24, 2.45) is 0 Å². The first-order valence-corrected chi connectivity index (χ1v) is 6.98. The topological polar surface area (TPSA) is 26.0 Å². The van der Waals surface area contributed by atoms with Crippen molar-refractivity contribution in [3.63, 3.8) is 0 Å². The second kappa shape index (κ2) is 5.91. The molecule has 3 heteroatoms. The van der Waals surface area contributed by atoms with E-state index in [2.05, 4.69) is 19.1 Å². The second-order valence-electron chi connectivity index (χ2n) is 4.31. The molecular formula is C15H16FNS. The van der Waals surface area contributed by atoms with Crippen molar-refractivity contribution in [3.8, 4) is 0 Å². The van der Waals surface area contributed by atoms with Gasteiger partial charge in [0.1, 0.15) is 5.82 Å². The van der Waals surface area contributed by atoms with Crippen LogP contribution in [-0.2, 0) is 11.5 Å². The molecule has 94 valence electrons. The Balaban J connectivity index is 1.94. The van der Waals surface area contributed by atoms with Crippen LogP contribution in [0.2, 0.25) is 0 Å². The number of halogens is 1. The third kappa shape index (κ3) is 3.50. The average Bonchev–Trinajstić information content (AvgIpc) is 2.30. The Kier molecular flexibility index (Phi) is 4.26. The number of rotatable bonds is 4. The molecule has 1 nitrogen and oxygen atoms in total. The summed E-state index contributed by atoms with van der Waals surface area (Å²) >= 11 is 1.77. The van der Waals surface area contributed by atoms with Gasteiger partial charge in [-0.1, -0.05) is 24.3 Å². The summed E-state index contributed by atoms with van der Waals surface area (Å²) in [6.07, 6.45) is 0. The van der Waals surface area contributed by atoms with Gasteiger partial charge in [-0.15, -0.1) is 0 Å². The molecule has 0 fully saturated rings. The number of hydrogen-bond donors (Lipinski definition) is 1. The third-order valence-electron chi connectivity index (χ3n) is 2.77. The van der Waals surface area contributed by atoms with E-state index in [0.717, 1.165) is 17.1 Å². The number of anilines is 1. The van der Waals surface area contributed by atoms with Gasteiger partial charge in [0.2, 0.25) is 0 Å². The minimum Gasteiger partial charge on any atom is -0.399 e. The maximum Gasteiger partial charge on any atom is 0.125 e. The Morgan fingerprint density at radius 1 is 1.11 bits per heavy atom. The largest absolute Gasteiger partial charge is 0.399 e. The third-order valence-corrected chi connectivity index (χ3v) is 3.82. The maximum absolute atomic E-state index is 13.2. The van der Waals surface area contributed by atoms with Gasteiger partial charge in [0.05, 0.1) is 0 Å². The van der Waals surface area contributed by atoms with E-state index < -0.39 is 0 Å². The van der Waals surface area contributed by atoms with E-state index in [0.29, 0.717) is 5.69 Å². The molecule has 0 aromatic heterocycles. The molecule has 0 saturated carbocycles. The molecule has 0 heterocycles. The first kappa shape index (κ1) is 13.0. The van der Waals surface area contributed by atoms with Crippen LogP contribution >= 0.6 is 11.8 Å². The number of thioether (sulfide) groups is 1. The quantitative estimate of drug-likeness (QED) is 0.837. The first-order valence-electron chi connectivity index (χ1n) is 5.82. The fraction of sp³-hybridized carbons (Fsp3) is 0.200. The van der Waals surface area contributed by atoms with Gasteiger partial charge < -0.3 is 5.73 Å². The standard InChI is InChI=1S/C15H16FNS/c1-11-4-2-3-5-13(11)10-18-9-12-6-14(16)8-15(17)7-12/h2-8H,9-10,17H2,1H3. The normalized spacial score (nSPS) is 10.6. The Morgan fingerprint density at radius 2 is 1.89 bits per heavy atom. The molecule has 0 saturated heterocycles. The number of benzene rings is 2. The molecule has 2 N–H and O–H groups in total. The fourth-order valence-electron chi connectivity index (χ4n) is 1.81. The van der Waals surface area contributed by atoms with Gasteiger partial charge in [0, 0.05) is 17.2 Å². The van der Waals surface area contributed by atoms with Crippen molar-refractivity contribution in [2.75, 3.05) is 5.73 Å². The molecule has 18 heavy (non-hydrogen) atoms. The van der Waals surface area contributed by atoms with Crippen molar-refractivity contribution in [2.45, 2.75) is 18.4 Å². The van der Waals surface area contributed by atoms with Crippen molar-refractivity contribution in [1.29, 1.82) is 0 Å². The molecule has 0 amide bonds. The zero-order valence-electron chi connectivity index (χ0n) is 10.3. The smallest absolute Gasteiger partial charge is 0.125 e. The van der Waals surface area contributed by atoms with Crippen LogP contribution in [0.1, 0.15) is 16.7 Å². The zero-order chi connectivity index (χ0) is 13.0. The predicted octanol–water partition coefficient (Wildman–Crippen LogP) is 4.15. The summed E-state index contributed by atoms with van der Waals surface area (Å²) < 4.78 is 13.2. The molecule has 0 spiro atoms. The minimum absolute atomic E-state index is 0.263. The van der Waals surface area contributed by atoms with Gasteiger partial charge in [-0.2, -0.15) is 11.8 Å². The molecular weight excluding hydrogens is 245 g/mol. The summed E-state index contributed by atoms with van der Waals surface area (Å²) in [6.45, 7) is 2.11. The predicted molar refractivity (Wildman–Crippen MR) is 77.0 cm³/mol. The van der Waals surface area contributed by atoms with Crippen molar-refractivity contribution in [3.05, 3.63) is 65.0 Å². The zero-order valence-corrected chi connectivity index (χ0v) is 11.1. The minimum atomic E-state index is -0.263. The van der Waals surface area contributed by atoms with E-state index in [4.69, 9.17) is 5.73 Å².